The number of amides is 3. The van der Waals surface area contributed by atoms with Crippen LogP contribution in [0.1, 0.15) is 39.5 Å². The first-order valence-corrected chi connectivity index (χ1v) is 9.01. The van der Waals surface area contributed by atoms with Crippen LogP contribution in [0, 0.1) is 5.92 Å². The summed E-state index contributed by atoms with van der Waals surface area (Å²) in [7, 11) is 0. The van der Waals surface area contributed by atoms with Crippen LogP contribution in [-0.4, -0.2) is 78.1 Å². The van der Waals surface area contributed by atoms with E-state index in [0.717, 1.165) is 38.8 Å². The van der Waals surface area contributed by atoms with Crippen LogP contribution < -0.4 is 0 Å². The number of carbonyl (C=O) groups is 2. The van der Waals surface area contributed by atoms with Crippen molar-refractivity contribution in [1.29, 1.82) is 0 Å². The quantitative estimate of drug-likeness (QED) is 0.736. The second-order valence-electron chi connectivity index (χ2n) is 7.22. The van der Waals surface area contributed by atoms with E-state index in [1.807, 2.05) is 14.7 Å². The van der Waals surface area contributed by atoms with Gasteiger partial charge < -0.3 is 19.4 Å². The van der Waals surface area contributed by atoms with Crippen LogP contribution in [0.3, 0.4) is 0 Å². The third-order valence-electron chi connectivity index (χ3n) is 5.41. The maximum absolute atomic E-state index is 12.9. The molecule has 2 atom stereocenters. The Kier molecular flexibility index (Phi) is 5.09. The summed E-state index contributed by atoms with van der Waals surface area (Å²) in [6.07, 6.45) is 3.81. The van der Waals surface area contributed by atoms with E-state index in [-0.39, 0.29) is 29.9 Å². The molecule has 0 aromatic carbocycles. The fraction of sp³-hybridized carbons (Fsp3) is 0.882. The van der Waals surface area contributed by atoms with Gasteiger partial charge >= 0.3 is 6.03 Å². The molecule has 3 rings (SSSR count). The molecule has 3 heterocycles. The molecule has 3 fully saturated rings. The fourth-order valence-corrected chi connectivity index (χ4v) is 4.08. The molecule has 0 unspecified atom stereocenters. The van der Waals surface area contributed by atoms with Crippen LogP contribution in [-0.2, 0) is 9.53 Å². The SMILES string of the molecule is C[C@H]1COC[C@H](C)N1C(=O)C1CCN(C(=O)N2CCCC2)CC1. The molecule has 3 saturated heterocycles. The van der Waals surface area contributed by atoms with Gasteiger partial charge in [0.2, 0.25) is 5.91 Å². The van der Waals surface area contributed by atoms with Gasteiger partial charge in [0.05, 0.1) is 25.3 Å². The minimum absolute atomic E-state index is 0.0561. The van der Waals surface area contributed by atoms with Crippen LogP contribution in [0.25, 0.3) is 0 Å². The van der Waals surface area contributed by atoms with Gasteiger partial charge in [-0.1, -0.05) is 0 Å². The zero-order valence-electron chi connectivity index (χ0n) is 14.4. The number of likely N-dealkylation sites (tertiary alicyclic amines) is 2. The first-order chi connectivity index (χ1) is 11.1. The van der Waals surface area contributed by atoms with E-state index in [9.17, 15) is 9.59 Å². The second kappa shape index (κ2) is 7.07. The van der Waals surface area contributed by atoms with E-state index in [4.69, 9.17) is 4.74 Å². The summed E-state index contributed by atoms with van der Waals surface area (Å²) in [5.74, 6) is 0.308. The Morgan fingerprint density at radius 2 is 1.39 bits per heavy atom. The highest BCUT2D eigenvalue weighted by Gasteiger charge is 2.36. The van der Waals surface area contributed by atoms with Gasteiger partial charge in [-0.25, -0.2) is 4.79 Å². The topological polar surface area (TPSA) is 53.1 Å². The lowest BCUT2D eigenvalue weighted by atomic mass is 9.94. The van der Waals surface area contributed by atoms with E-state index in [1.54, 1.807) is 0 Å². The Bertz CT molecular complexity index is 432. The molecule has 0 N–H and O–H groups in total. The van der Waals surface area contributed by atoms with Crippen LogP contribution in [0.4, 0.5) is 4.79 Å². The Balaban J connectivity index is 1.53. The summed E-state index contributed by atoms with van der Waals surface area (Å²) in [5, 5.41) is 0. The van der Waals surface area contributed by atoms with Crippen molar-refractivity contribution >= 4 is 11.9 Å². The second-order valence-corrected chi connectivity index (χ2v) is 7.22. The van der Waals surface area contributed by atoms with Crippen LogP contribution in [0.5, 0.6) is 0 Å². The molecule has 6 nitrogen and oxygen atoms in total. The predicted octanol–water partition coefficient (Wildman–Crippen LogP) is 1.55. The van der Waals surface area contributed by atoms with Gasteiger partial charge in [-0.05, 0) is 39.5 Å². The highest BCUT2D eigenvalue weighted by Crippen LogP contribution is 2.25. The Hall–Kier alpha value is -1.30. The van der Waals surface area contributed by atoms with Gasteiger partial charge in [0.15, 0.2) is 0 Å². The van der Waals surface area contributed by atoms with E-state index < -0.39 is 0 Å². The number of rotatable bonds is 1. The minimum atomic E-state index is 0.0561. The summed E-state index contributed by atoms with van der Waals surface area (Å²) in [6.45, 7) is 8.56. The number of piperidine rings is 1. The van der Waals surface area contributed by atoms with Crippen LogP contribution in [0.2, 0.25) is 0 Å². The Morgan fingerprint density at radius 1 is 0.870 bits per heavy atom. The summed E-state index contributed by atoms with van der Waals surface area (Å²) in [5.41, 5.74) is 0. The van der Waals surface area contributed by atoms with Crippen LogP contribution >= 0.6 is 0 Å². The molecule has 0 aromatic rings. The van der Waals surface area contributed by atoms with E-state index >= 15 is 0 Å². The maximum Gasteiger partial charge on any atom is 0.319 e. The molecule has 0 spiro atoms. The van der Waals surface area contributed by atoms with Crippen molar-refractivity contribution in [3.8, 4) is 0 Å². The average Bonchev–Trinajstić information content (AvgIpc) is 3.08. The predicted molar refractivity (Wildman–Crippen MR) is 87.1 cm³/mol. The van der Waals surface area contributed by atoms with Gasteiger partial charge in [-0.3, -0.25) is 4.79 Å². The lowest BCUT2D eigenvalue weighted by molar-refractivity contribution is -0.150. The standard InChI is InChI=1S/C17H29N3O3/c1-13-11-23-12-14(2)20(13)16(21)15-5-9-19(10-6-15)17(22)18-7-3-4-8-18/h13-15H,3-12H2,1-2H3/t13-,14-/m0/s1. The highest BCUT2D eigenvalue weighted by molar-refractivity contribution is 5.80. The zero-order chi connectivity index (χ0) is 16.4. The number of hydrogen-bond donors (Lipinski definition) is 0. The molecule has 0 saturated carbocycles. The number of hydrogen-bond acceptors (Lipinski definition) is 3. The van der Waals surface area contributed by atoms with Crippen molar-refractivity contribution in [2.75, 3.05) is 39.4 Å². The van der Waals surface area contributed by atoms with Gasteiger partial charge in [-0.2, -0.15) is 0 Å². The minimum Gasteiger partial charge on any atom is -0.377 e. The van der Waals surface area contributed by atoms with Crippen molar-refractivity contribution in [3.05, 3.63) is 0 Å². The fourth-order valence-electron chi connectivity index (χ4n) is 4.08. The van der Waals surface area contributed by atoms with Gasteiger partial charge in [0, 0.05) is 32.1 Å². The third kappa shape index (κ3) is 3.47. The number of urea groups is 1. The molecule has 130 valence electrons. The van der Waals surface area contributed by atoms with Crippen molar-refractivity contribution < 1.29 is 14.3 Å². The number of carbonyl (C=O) groups excluding carboxylic acids is 2. The molecule has 23 heavy (non-hydrogen) atoms. The molecule has 3 aliphatic heterocycles. The molecule has 6 heteroatoms. The monoisotopic (exact) mass is 323 g/mol. The average molecular weight is 323 g/mol. The van der Waals surface area contributed by atoms with Gasteiger partial charge in [-0.15, -0.1) is 0 Å². The number of nitrogens with zero attached hydrogens (tertiary/aromatic N) is 3. The van der Waals surface area contributed by atoms with Crippen molar-refractivity contribution in [2.24, 2.45) is 5.92 Å². The molecule has 0 radical (unpaired) electrons. The first-order valence-electron chi connectivity index (χ1n) is 9.01. The number of ether oxygens (including phenoxy) is 1. The lowest BCUT2D eigenvalue weighted by Crippen LogP contribution is -2.56. The van der Waals surface area contributed by atoms with Gasteiger partial charge in [0.1, 0.15) is 0 Å². The zero-order valence-corrected chi connectivity index (χ0v) is 14.4. The molecular weight excluding hydrogens is 294 g/mol. The molecule has 0 aromatic heterocycles. The summed E-state index contributed by atoms with van der Waals surface area (Å²) < 4.78 is 5.51. The van der Waals surface area contributed by atoms with Crippen LogP contribution in [0.15, 0.2) is 0 Å². The van der Waals surface area contributed by atoms with Crippen molar-refractivity contribution in [1.82, 2.24) is 14.7 Å². The number of morpholine rings is 1. The molecule has 0 aliphatic carbocycles. The normalized spacial score (nSPS) is 29.9. The highest BCUT2D eigenvalue weighted by atomic mass is 16.5. The Labute approximate surface area is 138 Å². The van der Waals surface area contributed by atoms with E-state index in [2.05, 4.69) is 13.8 Å². The lowest BCUT2D eigenvalue weighted by Gasteiger charge is -2.42. The maximum atomic E-state index is 12.9. The largest absolute Gasteiger partial charge is 0.377 e. The summed E-state index contributed by atoms with van der Waals surface area (Å²) >= 11 is 0. The third-order valence-corrected chi connectivity index (χ3v) is 5.41. The van der Waals surface area contributed by atoms with E-state index in [0.29, 0.717) is 26.3 Å². The smallest absolute Gasteiger partial charge is 0.319 e. The van der Waals surface area contributed by atoms with E-state index in [1.165, 1.54) is 0 Å². The van der Waals surface area contributed by atoms with Crippen molar-refractivity contribution in [3.63, 3.8) is 0 Å². The molecular formula is C17H29N3O3. The summed E-state index contributed by atoms with van der Waals surface area (Å²) in [6, 6.07) is 0.465. The Morgan fingerprint density at radius 3 is 1.96 bits per heavy atom. The molecule has 0 bridgehead atoms. The first kappa shape index (κ1) is 16.6. The van der Waals surface area contributed by atoms with Gasteiger partial charge in [0.25, 0.3) is 0 Å². The molecule has 3 aliphatic rings. The van der Waals surface area contributed by atoms with Crippen molar-refractivity contribution in [2.45, 2.75) is 51.6 Å². The summed E-state index contributed by atoms with van der Waals surface area (Å²) in [4.78, 5) is 31.2. The molecule has 3 amide bonds.